The van der Waals surface area contributed by atoms with E-state index in [9.17, 15) is 24.4 Å². The SMILES string of the molecule is CCC(N=C/C(=C\N)C(=O)NC1CCC(Oc2ccc(C#N)c3ncccc23)CC1)N1CCC(CN2CCN(c3ccc4c(c3)CN([C@H]3CCC(=O)NC3=O)C4=O)CC2)CC1. The van der Waals surface area contributed by atoms with Crippen LogP contribution >= 0.6 is 0 Å². The van der Waals surface area contributed by atoms with Crippen LogP contribution in [0.5, 0.6) is 5.75 Å². The van der Waals surface area contributed by atoms with Gasteiger partial charge in [-0.2, -0.15) is 5.26 Å². The Bertz CT molecular complexity index is 2230. The Balaban J connectivity index is 0.751. The summed E-state index contributed by atoms with van der Waals surface area (Å²) in [7, 11) is 0. The summed E-state index contributed by atoms with van der Waals surface area (Å²) in [5.41, 5.74) is 10.2. The highest BCUT2D eigenvalue weighted by Crippen LogP contribution is 2.33. The van der Waals surface area contributed by atoms with E-state index >= 15 is 0 Å². The molecular weight excluding hydrogens is 773 g/mol. The number of piperazine rings is 1. The Morgan fingerprint density at radius 1 is 1.03 bits per heavy atom. The summed E-state index contributed by atoms with van der Waals surface area (Å²) >= 11 is 0. The second-order valence-electron chi connectivity index (χ2n) is 17.0. The van der Waals surface area contributed by atoms with Crippen molar-refractivity contribution in [1.29, 1.82) is 5.26 Å². The average Bonchev–Trinajstić information content (AvgIpc) is 3.61. The molecule has 15 heteroatoms. The molecule has 1 aromatic heterocycles. The summed E-state index contributed by atoms with van der Waals surface area (Å²) in [4.78, 5) is 68.8. The van der Waals surface area contributed by atoms with E-state index in [-0.39, 0.29) is 48.4 Å². The summed E-state index contributed by atoms with van der Waals surface area (Å²) in [5, 5.41) is 15.8. The zero-order chi connectivity index (χ0) is 42.5. The van der Waals surface area contributed by atoms with E-state index in [1.807, 2.05) is 30.3 Å². The second-order valence-corrected chi connectivity index (χ2v) is 17.0. The Hall–Kier alpha value is -5.85. The van der Waals surface area contributed by atoms with E-state index < -0.39 is 6.04 Å². The first-order chi connectivity index (χ1) is 29.7. The number of nitrogens with zero attached hydrogens (tertiary/aromatic N) is 7. The van der Waals surface area contributed by atoms with Crippen molar-refractivity contribution in [3.8, 4) is 11.8 Å². The van der Waals surface area contributed by atoms with Crippen molar-refractivity contribution >= 4 is 46.4 Å². The van der Waals surface area contributed by atoms with Crippen molar-refractivity contribution < 1.29 is 23.9 Å². The molecule has 0 bridgehead atoms. The van der Waals surface area contributed by atoms with Gasteiger partial charge in [-0.05, 0) is 105 Å². The van der Waals surface area contributed by atoms with Crippen molar-refractivity contribution in [3.63, 3.8) is 0 Å². The predicted molar refractivity (Wildman–Crippen MR) is 232 cm³/mol. The molecule has 5 aliphatic rings. The largest absolute Gasteiger partial charge is 0.490 e. The number of aliphatic imine (C=N–C) groups is 1. The molecule has 2 atom stereocenters. The van der Waals surface area contributed by atoms with E-state index in [0.29, 0.717) is 41.1 Å². The molecule has 4 fully saturated rings. The van der Waals surface area contributed by atoms with Gasteiger partial charge in [0.25, 0.3) is 11.8 Å². The number of benzene rings is 2. The third-order valence-corrected chi connectivity index (χ3v) is 13.2. The molecule has 3 aromatic rings. The van der Waals surface area contributed by atoms with Crippen LogP contribution in [0.2, 0.25) is 0 Å². The molecule has 5 heterocycles. The lowest BCUT2D eigenvalue weighted by Crippen LogP contribution is -2.52. The normalized spacial score (nSPS) is 23.8. The van der Waals surface area contributed by atoms with Crippen LogP contribution in [0, 0.1) is 17.2 Å². The minimum absolute atomic E-state index is 0.00963. The first-order valence-corrected chi connectivity index (χ1v) is 21.9. The maximum absolute atomic E-state index is 13.3. The van der Waals surface area contributed by atoms with E-state index in [1.165, 1.54) is 6.20 Å². The number of hydrogen-bond donors (Lipinski definition) is 3. The minimum atomic E-state index is -0.607. The molecule has 1 aliphatic carbocycles. The number of hydrogen-bond acceptors (Lipinski definition) is 12. The van der Waals surface area contributed by atoms with Gasteiger partial charge in [0.05, 0.1) is 22.8 Å². The van der Waals surface area contributed by atoms with Crippen LogP contribution in [0.1, 0.15) is 86.2 Å². The number of ether oxygens (including phenoxy) is 1. The van der Waals surface area contributed by atoms with Crippen LogP contribution in [0.15, 0.2) is 65.4 Å². The number of carbonyl (C=O) groups excluding carboxylic acids is 4. The van der Waals surface area contributed by atoms with E-state index in [4.69, 9.17) is 15.5 Å². The molecule has 4 amide bonds. The monoisotopic (exact) mass is 828 g/mol. The smallest absolute Gasteiger partial charge is 0.255 e. The lowest BCUT2D eigenvalue weighted by Gasteiger charge is -2.40. The zero-order valence-corrected chi connectivity index (χ0v) is 34.9. The minimum Gasteiger partial charge on any atom is -0.490 e. The lowest BCUT2D eigenvalue weighted by atomic mass is 9.92. The average molecular weight is 829 g/mol. The topological polar surface area (TPSA) is 190 Å². The number of imide groups is 1. The van der Waals surface area contributed by atoms with E-state index in [0.717, 1.165) is 113 Å². The fourth-order valence-electron chi connectivity index (χ4n) is 9.66. The first-order valence-electron chi connectivity index (χ1n) is 21.9. The maximum atomic E-state index is 13.3. The molecule has 3 saturated heterocycles. The molecule has 320 valence electrons. The number of carbonyl (C=O) groups is 4. The van der Waals surface area contributed by atoms with Gasteiger partial charge in [0, 0.05) is 100 Å². The molecule has 61 heavy (non-hydrogen) atoms. The highest BCUT2D eigenvalue weighted by molar-refractivity contribution is 6.12. The van der Waals surface area contributed by atoms with Crippen molar-refractivity contribution in [2.45, 2.75) is 95.6 Å². The number of fused-ring (bicyclic) bond motifs is 2. The Morgan fingerprint density at radius 2 is 1.82 bits per heavy atom. The number of piperidine rings is 2. The summed E-state index contributed by atoms with van der Waals surface area (Å²) in [5.74, 6) is 0.310. The van der Waals surface area contributed by atoms with Crippen molar-refractivity contribution in [2.75, 3.05) is 50.7 Å². The van der Waals surface area contributed by atoms with Crippen LogP contribution in [0.4, 0.5) is 5.69 Å². The number of nitriles is 1. The summed E-state index contributed by atoms with van der Waals surface area (Å²) in [6, 6.07) is 15.0. The van der Waals surface area contributed by atoms with Gasteiger partial charge in [-0.1, -0.05) is 6.92 Å². The quantitative estimate of drug-likeness (QED) is 0.137. The first kappa shape index (κ1) is 41.9. The van der Waals surface area contributed by atoms with Crippen LogP contribution in [0.3, 0.4) is 0 Å². The van der Waals surface area contributed by atoms with Gasteiger partial charge < -0.3 is 25.6 Å². The number of rotatable bonds is 12. The number of nitrogens with one attached hydrogen (secondary N) is 2. The van der Waals surface area contributed by atoms with Crippen molar-refractivity contribution in [3.05, 3.63) is 77.1 Å². The number of nitrogens with two attached hydrogens (primary N) is 1. The van der Waals surface area contributed by atoms with Gasteiger partial charge >= 0.3 is 0 Å². The van der Waals surface area contributed by atoms with Gasteiger partial charge in [0.2, 0.25) is 11.8 Å². The lowest BCUT2D eigenvalue weighted by molar-refractivity contribution is -0.137. The van der Waals surface area contributed by atoms with Crippen LogP contribution < -0.4 is 26.0 Å². The van der Waals surface area contributed by atoms with Gasteiger partial charge in [-0.15, -0.1) is 0 Å². The molecule has 2 aromatic carbocycles. The molecule has 8 rings (SSSR count). The molecule has 1 unspecified atom stereocenters. The predicted octanol–water partition coefficient (Wildman–Crippen LogP) is 3.86. The molecule has 4 N–H and O–H groups in total. The molecule has 4 aliphatic heterocycles. The van der Waals surface area contributed by atoms with Crippen LogP contribution in [-0.4, -0.2) is 120 Å². The van der Waals surface area contributed by atoms with Gasteiger partial charge in [0.1, 0.15) is 24.0 Å². The van der Waals surface area contributed by atoms with Crippen LogP contribution in [0.25, 0.3) is 10.9 Å². The summed E-state index contributed by atoms with van der Waals surface area (Å²) in [6.45, 7) is 9.26. The molecule has 15 nitrogen and oxygen atoms in total. The Labute approximate surface area is 357 Å². The molecular formula is C46H56N10O5. The summed E-state index contributed by atoms with van der Waals surface area (Å²) in [6.07, 6.45) is 11.4. The number of amides is 4. The van der Waals surface area contributed by atoms with Gasteiger partial charge in [-0.3, -0.25) is 44.3 Å². The molecule has 1 saturated carbocycles. The van der Waals surface area contributed by atoms with E-state index in [2.05, 4.69) is 49.4 Å². The number of pyridine rings is 1. The number of likely N-dealkylation sites (tertiary alicyclic amines) is 1. The fraction of sp³-hybridized carbons (Fsp3) is 0.500. The highest BCUT2D eigenvalue weighted by Gasteiger charge is 2.39. The molecule has 0 radical (unpaired) electrons. The molecule has 0 spiro atoms. The van der Waals surface area contributed by atoms with Gasteiger partial charge in [-0.25, -0.2) is 0 Å². The maximum Gasteiger partial charge on any atom is 0.255 e. The van der Waals surface area contributed by atoms with Crippen molar-refractivity contribution in [2.24, 2.45) is 16.6 Å². The van der Waals surface area contributed by atoms with Crippen LogP contribution in [-0.2, 0) is 20.9 Å². The summed E-state index contributed by atoms with van der Waals surface area (Å²) < 4.78 is 6.38. The van der Waals surface area contributed by atoms with Crippen molar-refractivity contribution in [1.82, 2.24) is 30.3 Å². The zero-order valence-electron chi connectivity index (χ0n) is 34.9. The Kier molecular flexibility index (Phi) is 12.9. The highest BCUT2D eigenvalue weighted by atomic mass is 16.5. The van der Waals surface area contributed by atoms with Gasteiger partial charge in [0.15, 0.2) is 0 Å². The second kappa shape index (κ2) is 18.8. The fourth-order valence-corrected chi connectivity index (χ4v) is 9.66. The standard InChI is InChI=1S/C46H56N10O5/c1-2-41(50-27-33(26-48)44(58)51-34-6-9-36(10-7-34)61-40-13-5-31(25-47)43-38(40)4-3-17-49-43)55-18-15-30(16-19-55)28-53-20-22-54(23-21-53)35-8-11-37-32(24-35)29-56(46(37)60)39-12-14-42(57)52-45(39)59/h3-5,8,11,13,17,24,26-27,30,34,36,39,41H,2,6-7,9-10,12,14-16,18-23,28-29,48H2,1H3,(H,51,58)(H,52,57,59)/b33-26+,50-27?/t34?,36?,39-,41?/m0/s1. The number of anilines is 1. The Morgan fingerprint density at radius 3 is 2.54 bits per heavy atom. The van der Waals surface area contributed by atoms with E-state index in [1.54, 1.807) is 23.4 Å². The third-order valence-electron chi connectivity index (χ3n) is 13.2. The number of aromatic nitrogens is 1. The third kappa shape index (κ3) is 9.40.